The molecule has 0 radical (unpaired) electrons. The highest BCUT2D eigenvalue weighted by atomic mass is 16.2. The third-order valence-corrected chi connectivity index (χ3v) is 7.16. The molecule has 4 rings (SSSR count). The second-order valence-electron chi connectivity index (χ2n) is 8.91. The van der Waals surface area contributed by atoms with Crippen LogP contribution in [0.5, 0.6) is 0 Å². The molecule has 1 aliphatic carbocycles. The average molecular weight is 413 g/mol. The van der Waals surface area contributed by atoms with Crippen molar-refractivity contribution >= 4 is 23.5 Å². The highest BCUT2D eigenvalue weighted by Gasteiger charge is 2.52. The number of rotatable bonds is 4. The first-order chi connectivity index (χ1) is 14.4. The number of nitrogens with one attached hydrogen (secondary N) is 1. The van der Waals surface area contributed by atoms with Crippen LogP contribution in [0.25, 0.3) is 0 Å². The molecule has 3 aliphatic rings. The van der Waals surface area contributed by atoms with Gasteiger partial charge in [-0.15, -0.1) is 0 Å². The molecule has 7 heteroatoms. The van der Waals surface area contributed by atoms with E-state index in [2.05, 4.69) is 36.2 Å². The number of carbonyl (C=O) groups excluding carboxylic acids is 3. The van der Waals surface area contributed by atoms with E-state index in [4.69, 9.17) is 0 Å². The van der Waals surface area contributed by atoms with E-state index in [1.54, 1.807) is 4.90 Å². The fraction of sp³-hybridized carbons (Fsp3) is 0.609. The van der Waals surface area contributed by atoms with Crippen LogP contribution < -0.4 is 10.2 Å². The molecule has 2 heterocycles. The molecule has 7 nitrogen and oxygen atoms in total. The van der Waals surface area contributed by atoms with Crippen molar-refractivity contribution in [1.82, 2.24) is 15.1 Å². The van der Waals surface area contributed by atoms with Crippen LogP contribution in [0.15, 0.2) is 24.3 Å². The van der Waals surface area contributed by atoms with Gasteiger partial charge in [0.15, 0.2) is 0 Å². The van der Waals surface area contributed by atoms with Crippen molar-refractivity contribution in [3.63, 3.8) is 0 Å². The van der Waals surface area contributed by atoms with Gasteiger partial charge in [0.1, 0.15) is 12.1 Å². The van der Waals surface area contributed by atoms with Crippen LogP contribution in [0, 0.1) is 12.8 Å². The Morgan fingerprint density at radius 3 is 2.40 bits per heavy atom. The van der Waals surface area contributed by atoms with Crippen molar-refractivity contribution in [2.24, 2.45) is 5.92 Å². The van der Waals surface area contributed by atoms with Crippen LogP contribution in [0.4, 0.5) is 10.5 Å². The maximum Gasteiger partial charge on any atom is 0.325 e. The Bertz CT molecular complexity index is 823. The summed E-state index contributed by atoms with van der Waals surface area (Å²) in [5.74, 6) is 0.261. The molecule has 3 fully saturated rings. The summed E-state index contributed by atoms with van der Waals surface area (Å²) in [4.78, 5) is 43.6. The van der Waals surface area contributed by atoms with E-state index >= 15 is 0 Å². The summed E-state index contributed by atoms with van der Waals surface area (Å²) in [6.07, 6.45) is 4.36. The fourth-order valence-electron chi connectivity index (χ4n) is 5.09. The normalized spacial score (nSPS) is 27.0. The summed E-state index contributed by atoms with van der Waals surface area (Å²) in [6, 6.07) is 7.84. The number of imide groups is 1. The van der Waals surface area contributed by atoms with Crippen LogP contribution in [0.3, 0.4) is 0 Å². The Hall–Kier alpha value is -2.57. The van der Waals surface area contributed by atoms with E-state index in [1.165, 1.54) is 11.3 Å². The van der Waals surface area contributed by atoms with E-state index in [0.29, 0.717) is 31.8 Å². The summed E-state index contributed by atoms with van der Waals surface area (Å²) in [5.41, 5.74) is 1.63. The SMILES string of the molecule is CCC1CCC2(CC1)NC(=O)N(CC(=O)N1CCN(c3ccccc3C)CC1)C2=O. The number of amides is 4. The number of nitrogens with zero attached hydrogens (tertiary/aromatic N) is 3. The molecule has 0 atom stereocenters. The van der Waals surface area contributed by atoms with Gasteiger partial charge in [-0.1, -0.05) is 31.5 Å². The second-order valence-corrected chi connectivity index (χ2v) is 8.91. The van der Waals surface area contributed by atoms with Crippen LogP contribution in [0.2, 0.25) is 0 Å². The lowest BCUT2D eigenvalue weighted by atomic mass is 9.75. The standard InChI is InChI=1S/C23H32N4O3/c1-3-18-8-10-23(11-9-18)21(29)27(22(30)24-23)16-20(28)26-14-12-25(13-15-26)19-7-5-4-6-17(19)2/h4-7,18H,3,8-16H2,1-2H3,(H,24,30). The van der Waals surface area contributed by atoms with Crippen LogP contribution in [-0.2, 0) is 9.59 Å². The number of hydrogen-bond acceptors (Lipinski definition) is 4. The van der Waals surface area contributed by atoms with E-state index in [1.807, 2.05) is 12.1 Å². The lowest BCUT2D eigenvalue weighted by Gasteiger charge is -2.37. The zero-order valence-corrected chi connectivity index (χ0v) is 18.0. The maximum atomic E-state index is 13.0. The number of anilines is 1. The summed E-state index contributed by atoms with van der Waals surface area (Å²) in [6.45, 7) is 6.79. The Labute approximate surface area is 178 Å². The predicted molar refractivity (Wildman–Crippen MR) is 115 cm³/mol. The molecule has 1 aromatic carbocycles. The Morgan fingerprint density at radius 2 is 1.77 bits per heavy atom. The van der Waals surface area contributed by atoms with Gasteiger partial charge in [-0.05, 0) is 50.2 Å². The zero-order chi connectivity index (χ0) is 21.3. The molecule has 0 unspecified atom stereocenters. The quantitative estimate of drug-likeness (QED) is 0.772. The van der Waals surface area contributed by atoms with Gasteiger partial charge in [0.05, 0.1) is 0 Å². The van der Waals surface area contributed by atoms with E-state index in [-0.39, 0.29) is 18.4 Å². The molecule has 1 saturated carbocycles. The average Bonchev–Trinajstić information content (AvgIpc) is 2.99. The summed E-state index contributed by atoms with van der Waals surface area (Å²) in [5, 5.41) is 2.92. The lowest BCUT2D eigenvalue weighted by molar-refractivity contribution is -0.139. The first kappa shape index (κ1) is 20.7. The molecule has 162 valence electrons. The van der Waals surface area contributed by atoms with Crippen molar-refractivity contribution in [3.8, 4) is 0 Å². The second kappa shape index (κ2) is 8.28. The van der Waals surface area contributed by atoms with E-state index in [0.717, 1.165) is 37.3 Å². The van der Waals surface area contributed by atoms with Crippen molar-refractivity contribution in [1.29, 1.82) is 0 Å². The van der Waals surface area contributed by atoms with Crippen molar-refractivity contribution in [3.05, 3.63) is 29.8 Å². The van der Waals surface area contributed by atoms with Gasteiger partial charge < -0.3 is 15.1 Å². The predicted octanol–water partition coefficient (Wildman–Crippen LogP) is 2.53. The van der Waals surface area contributed by atoms with Gasteiger partial charge >= 0.3 is 6.03 Å². The minimum absolute atomic E-state index is 0.151. The Kier molecular flexibility index (Phi) is 5.71. The van der Waals surface area contributed by atoms with Gasteiger partial charge in [0.2, 0.25) is 5.91 Å². The number of urea groups is 1. The summed E-state index contributed by atoms with van der Waals surface area (Å²) in [7, 11) is 0. The minimum Gasteiger partial charge on any atom is -0.368 e. The molecule has 0 bridgehead atoms. The number of carbonyl (C=O) groups is 3. The highest BCUT2D eigenvalue weighted by molar-refractivity contribution is 6.09. The largest absolute Gasteiger partial charge is 0.368 e. The number of aryl methyl sites for hydroxylation is 1. The molecule has 1 N–H and O–H groups in total. The number of benzene rings is 1. The first-order valence-electron chi connectivity index (χ1n) is 11.2. The van der Waals surface area contributed by atoms with E-state index in [9.17, 15) is 14.4 Å². The third kappa shape index (κ3) is 3.77. The number of piperazine rings is 1. The minimum atomic E-state index is -0.785. The fourth-order valence-corrected chi connectivity index (χ4v) is 5.09. The topological polar surface area (TPSA) is 73.0 Å². The molecule has 1 aromatic rings. The maximum absolute atomic E-state index is 13.0. The molecule has 1 spiro atoms. The zero-order valence-electron chi connectivity index (χ0n) is 18.0. The summed E-state index contributed by atoms with van der Waals surface area (Å²) >= 11 is 0. The van der Waals surface area contributed by atoms with Gasteiger partial charge in [-0.25, -0.2) is 4.79 Å². The molecule has 2 saturated heterocycles. The molecule has 30 heavy (non-hydrogen) atoms. The van der Waals surface area contributed by atoms with Crippen molar-refractivity contribution < 1.29 is 14.4 Å². The third-order valence-electron chi connectivity index (χ3n) is 7.16. The number of hydrogen-bond donors (Lipinski definition) is 1. The van der Waals surface area contributed by atoms with E-state index < -0.39 is 11.6 Å². The van der Waals surface area contributed by atoms with Crippen LogP contribution in [0.1, 0.15) is 44.6 Å². The highest BCUT2D eigenvalue weighted by Crippen LogP contribution is 2.37. The summed E-state index contributed by atoms with van der Waals surface area (Å²) < 4.78 is 0. The molecule has 4 amide bonds. The lowest BCUT2D eigenvalue weighted by Crippen LogP contribution is -2.53. The van der Waals surface area contributed by atoms with Crippen LogP contribution >= 0.6 is 0 Å². The van der Waals surface area contributed by atoms with Crippen LogP contribution in [-0.4, -0.2) is 65.9 Å². The Balaban J connectivity index is 1.34. The van der Waals surface area contributed by atoms with Crippen molar-refractivity contribution in [2.45, 2.75) is 51.5 Å². The molecular weight excluding hydrogens is 380 g/mol. The molecule has 2 aliphatic heterocycles. The van der Waals surface area contributed by atoms with Gasteiger partial charge in [0.25, 0.3) is 5.91 Å². The number of para-hydroxylation sites is 1. The molecule has 0 aromatic heterocycles. The Morgan fingerprint density at radius 1 is 1.10 bits per heavy atom. The smallest absolute Gasteiger partial charge is 0.325 e. The van der Waals surface area contributed by atoms with Gasteiger partial charge in [-0.2, -0.15) is 0 Å². The molecular formula is C23H32N4O3. The monoisotopic (exact) mass is 412 g/mol. The first-order valence-corrected chi connectivity index (χ1v) is 11.2. The van der Waals surface area contributed by atoms with Crippen molar-refractivity contribution in [2.75, 3.05) is 37.6 Å². The van der Waals surface area contributed by atoms with Gasteiger partial charge in [-0.3, -0.25) is 14.5 Å². The van der Waals surface area contributed by atoms with Gasteiger partial charge in [0, 0.05) is 31.9 Å².